The second-order valence-corrected chi connectivity index (χ2v) is 5.50. The summed E-state index contributed by atoms with van der Waals surface area (Å²) in [5.41, 5.74) is 13.6. The van der Waals surface area contributed by atoms with Gasteiger partial charge in [0.25, 0.3) is 0 Å². The molecule has 0 radical (unpaired) electrons. The van der Waals surface area contributed by atoms with Gasteiger partial charge in [0.1, 0.15) is 5.66 Å². The van der Waals surface area contributed by atoms with E-state index in [2.05, 4.69) is 35.1 Å². The molecule has 1 heterocycles. The summed E-state index contributed by atoms with van der Waals surface area (Å²) < 4.78 is 0. The van der Waals surface area contributed by atoms with Crippen molar-refractivity contribution in [2.75, 3.05) is 4.90 Å². The molecule has 1 aliphatic heterocycles. The van der Waals surface area contributed by atoms with Crippen molar-refractivity contribution in [3.63, 3.8) is 0 Å². The van der Waals surface area contributed by atoms with E-state index in [9.17, 15) is 0 Å². The number of benzene rings is 1. The number of anilines is 1. The fraction of sp³-hybridized carbons (Fsp3) is 0.467. The maximum Gasteiger partial charge on any atom is 0.220 e. The number of guanidine groups is 2. The predicted octanol–water partition coefficient (Wildman–Crippen LogP) is 2.21. The zero-order chi connectivity index (χ0) is 14.8. The molecule has 108 valence electrons. The summed E-state index contributed by atoms with van der Waals surface area (Å²) in [6.07, 6.45) is 3.33. The number of hydrogen-bond acceptors (Lipinski definition) is 5. The lowest BCUT2D eigenvalue weighted by atomic mass is 10.0. The molecule has 5 heteroatoms. The van der Waals surface area contributed by atoms with Crippen LogP contribution in [0.25, 0.3) is 0 Å². The fourth-order valence-corrected chi connectivity index (χ4v) is 2.53. The van der Waals surface area contributed by atoms with Gasteiger partial charge in [-0.05, 0) is 38.3 Å². The van der Waals surface area contributed by atoms with E-state index in [1.807, 2.05) is 24.8 Å². The first-order valence-corrected chi connectivity index (χ1v) is 7.03. The van der Waals surface area contributed by atoms with Gasteiger partial charge in [-0.1, -0.05) is 31.5 Å². The molecule has 20 heavy (non-hydrogen) atoms. The topological polar surface area (TPSA) is 80.0 Å². The van der Waals surface area contributed by atoms with Crippen molar-refractivity contribution >= 4 is 17.6 Å². The molecule has 0 saturated carbocycles. The molecule has 0 bridgehead atoms. The first-order chi connectivity index (χ1) is 9.45. The van der Waals surface area contributed by atoms with E-state index in [-0.39, 0.29) is 5.96 Å². The zero-order valence-electron chi connectivity index (χ0n) is 12.4. The molecule has 1 aliphatic rings. The van der Waals surface area contributed by atoms with Crippen LogP contribution in [0.1, 0.15) is 39.2 Å². The fourth-order valence-electron chi connectivity index (χ4n) is 2.53. The summed E-state index contributed by atoms with van der Waals surface area (Å²) in [5.74, 6) is 0.626. The second-order valence-electron chi connectivity index (χ2n) is 5.50. The molecule has 0 atom stereocenters. The molecule has 5 nitrogen and oxygen atoms in total. The highest BCUT2D eigenvalue weighted by atomic mass is 15.4. The van der Waals surface area contributed by atoms with Gasteiger partial charge in [-0.3, -0.25) is 4.90 Å². The largest absolute Gasteiger partial charge is 0.369 e. The van der Waals surface area contributed by atoms with Gasteiger partial charge >= 0.3 is 0 Å². The van der Waals surface area contributed by atoms with Crippen molar-refractivity contribution in [1.29, 1.82) is 0 Å². The highest BCUT2D eigenvalue weighted by Crippen LogP contribution is 2.30. The molecule has 1 aromatic carbocycles. The number of para-hydroxylation sites is 1. The molecule has 0 unspecified atom stereocenters. The van der Waals surface area contributed by atoms with Crippen molar-refractivity contribution in [2.24, 2.45) is 21.5 Å². The average molecular weight is 273 g/mol. The summed E-state index contributed by atoms with van der Waals surface area (Å²) in [6, 6.07) is 8.26. The Morgan fingerprint density at radius 3 is 2.55 bits per heavy atom. The molecule has 0 aliphatic carbocycles. The normalized spacial score (nSPS) is 17.6. The van der Waals surface area contributed by atoms with E-state index in [1.165, 1.54) is 5.56 Å². The Morgan fingerprint density at radius 1 is 1.20 bits per heavy atom. The summed E-state index contributed by atoms with van der Waals surface area (Å²) in [5, 5.41) is 0. The van der Waals surface area contributed by atoms with E-state index in [0.717, 1.165) is 24.9 Å². The van der Waals surface area contributed by atoms with Crippen molar-refractivity contribution in [3.05, 3.63) is 29.8 Å². The molecule has 0 fully saturated rings. The number of nitrogens with zero attached hydrogens (tertiary/aromatic N) is 3. The van der Waals surface area contributed by atoms with Crippen LogP contribution in [-0.2, 0) is 6.42 Å². The van der Waals surface area contributed by atoms with Crippen LogP contribution in [0.15, 0.2) is 34.3 Å². The molecule has 1 aromatic rings. The van der Waals surface area contributed by atoms with Crippen molar-refractivity contribution in [2.45, 2.75) is 45.7 Å². The molecule has 2 rings (SSSR count). The predicted molar refractivity (Wildman–Crippen MR) is 84.9 cm³/mol. The Bertz CT molecular complexity index is 545. The van der Waals surface area contributed by atoms with Gasteiger partial charge in [0.05, 0.1) is 0 Å². The number of rotatable bonds is 4. The Hall–Kier alpha value is -2.04. The number of unbranched alkanes of at least 4 members (excludes halogenated alkanes) is 1. The zero-order valence-corrected chi connectivity index (χ0v) is 12.4. The first kappa shape index (κ1) is 14.4. The summed E-state index contributed by atoms with van der Waals surface area (Å²) in [6.45, 7) is 6.16. The minimum absolute atomic E-state index is 0.231. The molecule has 0 amide bonds. The van der Waals surface area contributed by atoms with Crippen molar-refractivity contribution in [3.8, 4) is 0 Å². The summed E-state index contributed by atoms with van der Waals surface area (Å²) in [7, 11) is 0. The van der Waals surface area contributed by atoms with Gasteiger partial charge in [0.15, 0.2) is 0 Å². The van der Waals surface area contributed by atoms with Crippen LogP contribution in [-0.4, -0.2) is 17.6 Å². The van der Waals surface area contributed by atoms with Crippen LogP contribution < -0.4 is 16.4 Å². The van der Waals surface area contributed by atoms with Crippen molar-refractivity contribution in [1.82, 2.24) is 0 Å². The third kappa shape index (κ3) is 2.76. The summed E-state index contributed by atoms with van der Waals surface area (Å²) >= 11 is 0. The lowest BCUT2D eigenvalue weighted by molar-refractivity contribution is 0.532. The number of nitrogens with two attached hydrogens (primary N) is 2. The van der Waals surface area contributed by atoms with Gasteiger partial charge in [-0.15, -0.1) is 0 Å². The van der Waals surface area contributed by atoms with Gasteiger partial charge < -0.3 is 11.5 Å². The van der Waals surface area contributed by atoms with Gasteiger partial charge in [-0.2, -0.15) is 4.99 Å². The number of aryl methyl sites for hydroxylation is 1. The molecular formula is C15H23N5. The van der Waals surface area contributed by atoms with E-state index in [0.29, 0.717) is 5.96 Å². The first-order valence-electron chi connectivity index (χ1n) is 7.03. The Kier molecular flexibility index (Phi) is 3.97. The van der Waals surface area contributed by atoms with E-state index >= 15 is 0 Å². The third-order valence-corrected chi connectivity index (χ3v) is 3.43. The SMILES string of the molecule is CCCCc1ccccc1N1C(N)=NC(N)=NC1(C)C. The molecule has 0 spiro atoms. The van der Waals surface area contributed by atoms with E-state index in [1.54, 1.807) is 0 Å². The van der Waals surface area contributed by atoms with Crippen LogP contribution in [0, 0.1) is 0 Å². The number of hydrogen-bond donors (Lipinski definition) is 2. The van der Waals surface area contributed by atoms with Gasteiger partial charge in [0.2, 0.25) is 11.9 Å². The average Bonchev–Trinajstić information content (AvgIpc) is 2.35. The van der Waals surface area contributed by atoms with Crippen LogP contribution in [0.4, 0.5) is 5.69 Å². The lowest BCUT2D eigenvalue weighted by Crippen LogP contribution is -2.54. The van der Waals surface area contributed by atoms with E-state index in [4.69, 9.17) is 11.5 Å². The number of aliphatic imine (C=N–C) groups is 2. The lowest BCUT2D eigenvalue weighted by Gasteiger charge is -2.39. The van der Waals surface area contributed by atoms with Crippen LogP contribution >= 0.6 is 0 Å². The second kappa shape index (κ2) is 5.53. The highest BCUT2D eigenvalue weighted by molar-refractivity contribution is 6.05. The standard InChI is InChI=1S/C15H23N5/c1-4-5-8-11-9-6-7-10-12(11)20-14(17)18-13(16)19-15(20,2)3/h6-7,9-10H,4-5,8H2,1-3H3,(H4,16,17,18,19). The van der Waals surface area contributed by atoms with E-state index < -0.39 is 5.66 Å². The van der Waals surface area contributed by atoms with Crippen LogP contribution in [0.5, 0.6) is 0 Å². The Morgan fingerprint density at radius 2 is 1.90 bits per heavy atom. The van der Waals surface area contributed by atoms with Crippen LogP contribution in [0.3, 0.4) is 0 Å². The van der Waals surface area contributed by atoms with Gasteiger partial charge in [-0.25, -0.2) is 4.99 Å². The molecule has 0 saturated heterocycles. The monoisotopic (exact) mass is 273 g/mol. The van der Waals surface area contributed by atoms with Gasteiger partial charge in [0, 0.05) is 5.69 Å². The minimum Gasteiger partial charge on any atom is -0.369 e. The third-order valence-electron chi connectivity index (χ3n) is 3.43. The molecule has 4 N–H and O–H groups in total. The quantitative estimate of drug-likeness (QED) is 0.882. The maximum atomic E-state index is 6.09. The smallest absolute Gasteiger partial charge is 0.220 e. The van der Waals surface area contributed by atoms with Crippen LogP contribution in [0.2, 0.25) is 0 Å². The minimum atomic E-state index is -0.530. The summed E-state index contributed by atoms with van der Waals surface area (Å²) in [4.78, 5) is 10.5. The maximum absolute atomic E-state index is 6.09. The molecular weight excluding hydrogens is 250 g/mol. The van der Waals surface area contributed by atoms with Crippen molar-refractivity contribution < 1.29 is 0 Å². The molecule has 0 aromatic heterocycles. The highest BCUT2D eigenvalue weighted by Gasteiger charge is 2.33. The Balaban J connectivity index is 2.43. The Labute approximate surface area is 120 Å².